The number of esters is 1. The molecule has 1 atom stereocenters. The second kappa shape index (κ2) is 4.28. The lowest BCUT2D eigenvalue weighted by atomic mass is 9.96. The molecule has 0 aliphatic carbocycles. The van der Waals surface area contributed by atoms with Gasteiger partial charge in [0.2, 0.25) is 0 Å². The zero-order valence-electron chi connectivity index (χ0n) is 8.45. The van der Waals surface area contributed by atoms with Crippen molar-refractivity contribution in [2.24, 2.45) is 11.7 Å². The predicted molar refractivity (Wildman–Crippen MR) is 52.7 cm³/mol. The molecule has 0 bridgehead atoms. The van der Waals surface area contributed by atoms with E-state index in [1.54, 1.807) is 0 Å². The molecule has 4 heteroatoms. The Balaban J connectivity index is 1.85. The number of ether oxygens (including phenoxy) is 1. The highest BCUT2D eigenvalue weighted by Gasteiger charge is 2.33. The number of hydrogen-bond acceptors (Lipinski definition) is 4. The molecule has 0 saturated carbocycles. The zero-order valence-corrected chi connectivity index (χ0v) is 8.45. The van der Waals surface area contributed by atoms with E-state index in [9.17, 15) is 4.79 Å². The minimum Gasteiger partial charge on any atom is -0.464 e. The van der Waals surface area contributed by atoms with Gasteiger partial charge in [-0.3, -0.25) is 9.69 Å². The van der Waals surface area contributed by atoms with Crippen molar-refractivity contribution >= 4 is 5.97 Å². The molecule has 2 heterocycles. The van der Waals surface area contributed by atoms with Crippen LogP contribution in [-0.4, -0.2) is 43.2 Å². The lowest BCUT2D eigenvalue weighted by Crippen LogP contribution is -2.44. The molecule has 0 spiro atoms. The topological polar surface area (TPSA) is 55.6 Å². The van der Waals surface area contributed by atoms with Gasteiger partial charge < -0.3 is 10.5 Å². The van der Waals surface area contributed by atoms with Crippen molar-refractivity contribution in [2.75, 3.05) is 26.2 Å². The van der Waals surface area contributed by atoms with E-state index in [1.165, 1.54) is 0 Å². The fourth-order valence-corrected chi connectivity index (χ4v) is 2.32. The van der Waals surface area contributed by atoms with Gasteiger partial charge in [-0.05, 0) is 38.4 Å². The summed E-state index contributed by atoms with van der Waals surface area (Å²) in [5, 5.41) is 0. The molecule has 4 nitrogen and oxygen atoms in total. The van der Waals surface area contributed by atoms with Crippen molar-refractivity contribution < 1.29 is 9.53 Å². The summed E-state index contributed by atoms with van der Waals surface area (Å²) in [4.78, 5) is 13.6. The minimum atomic E-state index is -0.0313. The van der Waals surface area contributed by atoms with Crippen LogP contribution in [0.4, 0.5) is 0 Å². The van der Waals surface area contributed by atoms with Gasteiger partial charge in [-0.15, -0.1) is 0 Å². The van der Waals surface area contributed by atoms with Crippen LogP contribution in [0.2, 0.25) is 0 Å². The lowest BCUT2D eigenvalue weighted by Gasteiger charge is -2.33. The monoisotopic (exact) mass is 198 g/mol. The zero-order chi connectivity index (χ0) is 9.97. The molecule has 0 radical (unpaired) electrons. The van der Waals surface area contributed by atoms with E-state index in [0.717, 1.165) is 38.9 Å². The van der Waals surface area contributed by atoms with Crippen molar-refractivity contribution in [1.29, 1.82) is 0 Å². The maximum absolute atomic E-state index is 11.3. The summed E-state index contributed by atoms with van der Waals surface area (Å²) in [6.07, 6.45) is 3.12. The number of cyclic esters (lactones) is 1. The van der Waals surface area contributed by atoms with Gasteiger partial charge in [0.05, 0.1) is 6.61 Å². The van der Waals surface area contributed by atoms with Gasteiger partial charge in [0.25, 0.3) is 0 Å². The van der Waals surface area contributed by atoms with Crippen molar-refractivity contribution in [3.8, 4) is 0 Å². The quantitative estimate of drug-likeness (QED) is 0.633. The van der Waals surface area contributed by atoms with Crippen LogP contribution in [0.3, 0.4) is 0 Å². The molecule has 80 valence electrons. The van der Waals surface area contributed by atoms with Crippen LogP contribution in [0.1, 0.15) is 19.3 Å². The number of nitrogens with two attached hydrogens (primary N) is 1. The number of rotatable bonds is 2. The molecule has 2 saturated heterocycles. The van der Waals surface area contributed by atoms with Crippen LogP contribution in [0.25, 0.3) is 0 Å². The van der Waals surface area contributed by atoms with Gasteiger partial charge in [-0.25, -0.2) is 0 Å². The number of nitrogens with zero attached hydrogens (tertiary/aromatic N) is 1. The Labute approximate surface area is 84.4 Å². The Morgan fingerprint density at radius 1 is 1.36 bits per heavy atom. The van der Waals surface area contributed by atoms with Gasteiger partial charge >= 0.3 is 5.97 Å². The molecular formula is C10H18N2O2. The highest BCUT2D eigenvalue weighted by molar-refractivity contribution is 5.77. The molecule has 14 heavy (non-hydrogen) atoms. The average molecular weight is 198 g/mol. The van der Waals surface area contributed by atoms with E-state index in [1.807, 2.05) is 0 Å². The van der Waals surface area contributed by atoms with E-state index in [4.69, 9.17) is 10.5 Å². The van der Waals surface area contributed by atoms with E-state index in [0.29, 0.717) is 12.5 Å². The summed E-state index contributed by atoms with van der Waals surface area (Å²) in [7, 11) is 0. The molecule has 0 aromatic heterocycles. The van der Waals surface area contributed by atoms with Gasteiger partial charge in [0.15, 0.2) is 0 Å². The molecule has 2 rings (SSSR count). The molecule has 2 fully saturated rings. The molecule has 2 aliphatic rings. The Kier molecular flexibility index (Phi) is 3.03. The van der Waals surface area contributed by atoms with E-state index in [-0.39, 0.29) is 12.0 Å². The second-order valence-corrected chi connectivity index (χ2v) is 4.19. The number of carbonyl (C=O) groups excluding carboxylic acids is 1. The second-order valence-electron chi connectivity index (χ2n) is 4.19. The summed E-state index contributed by atoms with van der Waals surface area (Å²) < 4.78 is 4.97. The number of piperidine rings is 1. The third-order valence-electron chi connectivity index (χ3n) is 3.33. The maximum atomic E-state index is 11.3. The fraction of sp³-hybridized carbons (Fsp3) is 0.900. The highest BCUT2D eigenvalue weighted by atomic mass is 16.5. The van der Waals surface area contributed by atoms with Crippen LogP contribution in [0.5, 0.6) is 0 Å². The van der Waals surface area contributed by atoms with Crippen LogP contribution in [0, 0.1) is 5.92 Å². The summed E-state index contributed by atoms with van der Waals surface area (Å²) >= 11 is 0. The van der Waals surface area contributed by atoms with Gasteiger partial charge in [-0.1, -0.05) is 0 Å². The third-order valence-corrected chi connectivity index (χ3v) is 3.33. The molecule has 0 aromatic rings. The van der Waals surface area contributed by atoms with Crippen molar-refractivity contribution in [2.45, 2.75) is 25.3 Å². The molecule has 0 amide bonds. The molecule has 0 aromatic carbocycles. The summed E-state index contributed by atoms with van der Waals surface area (Å²) in [6.45, 7) is 3.38. The van der Waals surface area contributed by atoms with Crippen LogP contribution >= 0.6 is 0 Å². The van der Waals surface area contributed by atoms with E-state index in [2.05, 4.69) is 4.90 Å². The van der Waals surface area contributed by atoms with Crippen molar-refractivity contribution in [3.63, 3.8) is 0 Å². The first-order chi connectivity index (χ1) is 6.81. The first-order valence-corrected chi connectivity index (χ1v) is 5.42. The Bertz CT molecular complexity index is 212. The number of carbonyl (C=O) groups is 1. The first kappa shape index (κ1) is 9.93. The van der Waals surface area contributed by atoms with Crippen LogP contribution in [-0.2, 0) is 9.53 Å². The van der Waals surface area contributed by atoms with Crippen LogP contribution in [0.15, 0.2) is 0 Å². The Morgan fingerprint density at radius 2 is 2.07 bits per heavy atom. The molecule has 2 aliphatic heterocycles. The van der Waals surface area contributed by atoms with Crippen LogP contribution < -0.4 is 5.73 Å². The van der Waals surface area contributed by atoms with Crippen molar-refractivity contribution in [1.82, 2.24) is 4.90 Å². The van der Waals surface area contributed by atoms with Gasteiger partial charge in [0.1, 0.15) is 6.04 Å². The fourth-order valence-electron chi connectivity index (χ4n) is 2.32. The van der Waals surface area contributed by atoms with Crippen molar-refractivity contribution in [3.05, 3.63) is 0 Å². The minimum absolute atomic E-state index is 0.0313. The molecular weight excluding hydrogens is 180 g/mol. The van der Waals surface area contributed by atoms with E-state index >= 15 is 0 Å². The summed E-state index contributed by atoms with van der Waals surface area (Å²) in [5.74, 6) is 0.625. The molecule has 1 unspecified atom stereocenters. The van der Waals surface area contributed by atoms with E-state index < -0.39 is 0 Å². The van der Waals surface area contributed by atoms with Gasteiger partial charge in [-0.2, -0.15) is 0 Å². The first-order valence-electron chi connectivity index (χ1n) is 5.42. The Hall–Kier alpha value is -0.610. The Morgan fingerprint density at radius 3 is 2.57 bits per heavy atom. The predicted octanol–water partition coefficient (Wildman–Crippen LogP) is -0.0274. The highest BCUT2D eigenvalue weighted by Crippen LogP contribution is 2.22. The third kappa shape index (κ3) is 1.91. The number of likely N-dealkylation sites (tertiary alicyclic amines) is 1. The largest absolute Gasteiger partial charge is 0.464 e. The normalized spacial score (nSPS) is 30.6. The van der Waals surface area contributed by atoms with Gasteiger partial charge in [0, 0.05) is 6.42 Å². The summed E-state index contributed by atoms with van der Waals surface area (Å²) in [6, 6.07) is 0.0359. The SMILES string of the molecule is NCC1CCN(C2CCOC2=O)CC1. The maximum Gasteiger partial charge on any atom is 0.323 e. The smallest absolute Gasteiger partial charge is 0.323 e. The molecule has 2 N–H and O–H groups in total. The number of hydrogen-bond donors (Lipinski definition) is 1. The average Bonchev–Trinajstić information content (AvgIpc) is 2.65. The lowest BCUT2D eigenvalue weighted by molar-refractivity contribution is -0.142. The standard InChI is InChI=1S/C10H18N2O2/c11-7-8-1-4-12(5-2-8)9-3-6-14-10(9)13/h8-9H,1-7,11H2. The summed E-state index contributed by atoms with van der Waals surface area (Å²) in [5.41, 5.74) is 5.62.